The van der Waals surface area contributed by atoms with E-state index in [-0.39, 0.29) is 0 Å². The largest absolute Gasteiger partial charge is 0.457 e. The minimum Gasteiger partial charge on any atom is -0.457 e. The van der Waals surface area contributed by atoms with Gasteiger partial charge in [0, 0.05) is 40.2 Å². The van der Waals surface area contributed by atoms with Crippen molar-refractivity contribution in [1.82, 2.24) is 9.55 Å². The number of aromatic nitrogens is 2. The number of anilines is 3. The topological polar surface area (TPSA) is 39.5 Å². The minimum absolute atomic E-state index is 0.784. The van der Waals surface area contributed by atoms with Gasteiger partial charge < -0.3 is 18.9 Å². The van der Waals surface area contributed by atoms with Gasteiger partial charge in [0.1, 0.15) is 11.5 Å². The van der Waals surface area contributed by atoms with Crippen molar-refractivity contribution >= 4 is 38.9 Å². The van der Waals surface area contributed by atoms with E-state index in [0.717, 1.165) is 79.0 Å². The molecule has 0 saturated carbocycles. The van der Waals surface area contributed by atoms with Crippen LogP contribution >= 0.6 is 0 Å². The summed E-state index contributed by atoms with van der Waals surface area (Å²) in [4.78, 5) is 6.46. The van der Waals surface area contributed by atoms with Gasteiger partial charge in [0.05, 0.1) is 16.7 Å². The van der Waals surface area contributed by atoms with Crippen molar-refractivity contribution in [3.63, 3.8) is 0 Å². The summed E-state index contributed by atoms with van der Waals surface area (Å²) >= 11 is 0. The van der Waals surface area contributed by atoms with E-state index >= 15 is 0 Å². The highest BCUT2D eigenvalue weighted by Crippen LogP contribution is 2.46. The van der Waals surface area contributed by atoms with Gasteiger partial charge in [-0.25, -0.2) is 0 Å². The second-order valence-electron chi connectivity index (χ2n) is 12.9. The van der Waals surface area contributed by atoms with Crippen LogP contribution in [0.1, 0.15) is 0 Å². The Morgan fingerprint density at radius 3 is 1.77 bits per heavy atom. The Morgan fingerprint density at radius 1 is 0.462 bits per heavy atom. The Labute approximate surface area is 301 Å². The standard InChI is InChI=1S/C47H31N3O2/c1-2-7-39(8-3-1)51-40-24-22-38(23-25-40)49(36-18-13-32(14-19-36)34-27-29-48-30-28-34)37-20-15-33(16-21-37)35-17-26-41-42-9-6-12-46-47(42)50(44(41)31-35)43-10-4-5-11-45(43)52-46/h1-31H. The van der Waals surface area contributed by atoms with Crippen LogP contribution in [0.4, 0.5) is 17.1 Å². The number of pyridine rings is 1. The number of nitrogens with zero attached hydrogens (tertiary/aromatic N) is 3. The molecule has 0 aliphatic carbocycles. The number of ether oxygens (including phenoxy) is 2. The van der Waals surface area contributed by atoms with Crippen LogP contribution in [-0.4, -0.2) is 9.55 Å². The lowest BCUT2D eigenvalue weighted by molar-refractivity contribution is 0.476. The highest BCUT2D eigenvalue weighted by Gasteiger charge is 2.23. The lowest BCUT2D eigenvalue weighted by Gasteiger charge is -2.26. The van der Waals surface area contributed by atoms with E-state index in [0.29, 0.717) is 0 Å². The van der Waals surface area contributed by atoms with Gasteiger partial charge >= 0.3 is 0 Å². The maximum atomic E-state index is 6.33. The summed E-state index contributed by atoms with van der Waals surface area (Å²) in [6.07, 6.45) is 3.65. The van der Waals surface area contributed by atoms with Crippen LogP contribution in [0.5, 0.6) is 23.0 Å². The van der Waals surface area contributed by atoms with Crippen molar-refractivity contribution in [3.05, 3.63) is 188 Å². The van der Waals surface area contributed by atoms with E-state index in [4.69, 9.17) is 9.47 Å². The second-order valence-corrected chi connectivity index (χ2v) is 12.9. The molecule has 0 spiro atoms. The molecule has 0 bridgehead atoms. The van der Waals surface area contributed by atoms with E-state index in [1.807, 2.05) is 79.1 Å². The van der Waals surface area contributed by atoms with Crippen LogP contribution in [0.3, 0.4) is 0 Å². The third-order valence-corrected chi connectivity index (χ3v) is 9.75. The van der Waals surface area contributed by atoms with E-state index in [1.54, 1.807) is 0 Å². The zero-order valence-electron chi connectivity index (χ0n) is 28.1. The molecular formula is C47H31N3O2. The molecule has 0 radical (unpaired) electrons. The molecule has 5 nitrogen and oxygen atoms in total. The summed E-state index contributed by atoms with van der Waals surface area (Å²) in [7, 11) is 0. The molecule has 0 amide bonds. The molecule has 0 fully saturated rings. The highest BCUT2D eigenvalue weighted by molar-refractivity contribution is 6.12. The summed E-state index contributed by atoms with van der Waals surface area (Å²) in [5.41, 5.74) is 11.0. The van der Waals surface area contributed by atoms with Crippen LogP contribution in [0.25, 0.3) is 49.7 Å². The summed E-state index contributed by atoms with van der Waals surface area (Å²) in [5.74, 6) is 3.34. The van der Waals surface area contributed by atoms with Crippen LogP contribution < -0.4 is 14.4 Å². The molecule has 0 atom stereocenters. The molecule has 9 aromatic rings. The first kappa shape index (κ1) is 29.8. The average molecular weight is 670 g/mol. The summed E-state index contributed by atoms with van der Waals surface area (Å²) in [5, 5.41) is 2.40. The molecule has 3 heterocycles. The monoisotopic (exact) mass is 669 g/mol. The first-order valence-electron chi connectivity index (χ1n) is 17.4. The SMILES string of the molecule is c1ccc(Oc2ccc(N(c3ccc(-c4ccncc4)cc3)c3ccc(-c4ccc5c6cccc7c6n(c5c4)-c4ccccc4O7)cc3)cc2)cc1. The number of para-hydroxylation sites is 4. The minimum atomic E-state index is 0.784. The number of fused-ring (bicyclic) bond motifs is 5. The van der Waals surface area contributed by atoms with Gasteiger partial charge in [0.25, 0.3) is 0 Å². The number of benzene rings is 7. The normalized spacial score (nSPS) is 11.6. The first-order chi connectivity index (χ1) is 25.8. The number of hydrogen-bond donors (Lipinski definition) is 0. The molecule has 1 aliphatic rings. The fourth-order valence-corrected chi connectivity index (χ4v) is 7.28. The quantitative estimate of drug-likeness (QED) is 0.169. The Morgan fingerprint density at radius 2 is 1.04 bits per heavy atom. The van der Waals surface area contributed by atoms with E-state index < -0.39 is 0 Å². The third kappa shape index (κ3) is 5.15. The number of rotatable bonds is 7. The van der Waals surface area contributed by atoms with Crippen molar-refractivity contribution in [2.75, 3.05) is 4.90 Å². The van der Waals surface area contributed by atoms with Crippen molar-refractivity contribution in [3.8, 4) is 50.9 Å². The zero-order chi connectivity index (χ0) is 34.4. The Kier molecular flexibility index (Phi) is 7.07. The highest BCUT2D eigenvalue weighted by atomic mass is 16.5. The molecule has 10 rings (SSSR count). The van der Waals surface area contributed by atoms with Gasteiger partial charge in [0.2, 0.25) is 0 Å². The van der Waals surface area contributed by atoms with Gasteiger partial charge in [0.15, 0.2) is 11.5 Å². The van der Waals surface area contributed by atoms with Crippen molar-refractivity contribution in [1.29, 1.82) is 0 Å². The Bertz CT molecular complexity index is 2700. The number of hydrogen-bond acceptors (Lipinski definition) is 4. The third-order valence-electron chi connectivity index (χ3n) is 9.75. The van der Waals surface area contributed by atoms with Gasteiger partial charge in [-0.3, -0.25) is 4.98 Å². The first-order valence-corrected chi connectivity index (χ1v) is 17.4. The molecular weight excluding hydrogens is 639 g/mol. The van der Waals surface area contributed by atoms with Gasteiger partial charge in [-0.15, -0.1) is 0 Å². The molecule has 0 unspecified atom stereocenters. The average Bonchev–Trinajstić information content (AvgIpc) is 3.55. The van der Waals surface area contributed by atoms with Crippen LogP contribution in [-0.2, 0) is 0 Å². The summed E-state index contributed by atoms with van der Waals surface area (Å²) < 4.78 is 14.8. The van der Waals surface area contributed by atoms with Gasteiger partial charge in [-0.2, -0.15) is 0 Å². The van der Waals surface area contributed by atoms with Gasteiger partial charge in [-0.1, -0.05) is 78.9 Å². The maximum absolute atomic E-state index is 6.33. The summed E-state index contributed by atoms with van der Waals surface area (Å²) in [6.45, 7) is 0. The second kappa shape index (κ2) is 12.3. The Hall–Kier alpha value is -7.11. The lowest BCUT2D eigenvalue weighted by Crippen LogP contribution is -2.09. The molecule has 0 saturated heterocycles. The van der Waals surface area contributed by atoms with E-state index in [1.165, 1.54) is 10.8 Å². The predicted molar refractivity (Wildman–Crippen MR) is 211 cm³/mol. The zero-order valence-corrected chi connectivity index (χ0v) is 28.1. The molecule has 7 aromatic carbocycles. The molecule has 0 N–H and O–H groups in total. The van der Waals surface area contributed by atoms with Crippen LogP contribution in [0.2, 0.25) is 0 Å². The molecule has 52 heavy (non-hydrogen) atoms. The fourth-order valence-electron chi connectivity index (χ4n) is 7.28. The molecule has 246 valence electrons. The summed E-state index contributed by atoms with van der Waals surface area (Å²) in [6, 6.07) is 61.0. The van der Waals surface area contributed by atoms with Crippen molar-refractivity contribution in [2.24, 2.45) is 0 Å². The molecule has 2 aromatic heterocycles. The van der Waals surface area contributed by atoms with Gasteiger partial charge in [-0.05, 0) is 119 Å². The van der Waals surface area contributed by atoms with Crippen molar-refractivity contribution in [2.45, 2.75) is 0 Å². The van der Waals surface area contributed by atoms with Crippen LogP contribution in [0, 0.1) is 0 Å². The fraction of sp³-hybridized carbons (Fsp3) is 0. The Balaban J connectivity index is 1.03. The molecule has 5 heteroatoms. The van der Waals surface area contributed by atoms with Crippen LogP contribution in [0.15, 0.2) is 188 Å². The lowest BCUT2D eigenvalue weighted by atomic mass is 10.0. The maximum Gasteiger partial charge on any atom is 0.152 e. The van der Waals surface area contributed by atoms with Crippen molar-refractivity contribution < 1.29 is 9.47 Å². The smallest absolute Gasteiger partial charge is 0.152 e. The molecule has 1 aliphatic heterocycles. The predicted octanol–water partition coefficient (Wildman–Crippen LogP) is 12.9. The van der Waals surface area contributed by atoms with E-state index in [9.17, 15) is 0 Å². The van der Waals surface area contributed by atoms with E-state index in [2.05, 4.69) is 124 Å².